The van der Waals surface area contributed by atoms with Crippen LogP contribution < -0.4 is 5.32 Å². The van der Waals surface area contributed by atoms with Crippen LogP contribution in [0.4, 0.5) is 5.13 Å². The van der Waals surface area contributed by atoms with Crippen molar-refractivity contribution in [2.45, 2.75) is 39.0 Å². The quantitative estimate of drug-likeness (QED) is 0.797. The van der Waals surface area contributed by atoms with E-state index >= 15 is 0 Å². The summed E-state index contributed by atoms with van der Waals surface area (Å²) in [5.74, 6) is 1.84. The van der Waals surface area contributed by atoms with Gasteiger partial charge in [-0.25, -0.2) is 4.98 Å². The van der Waals surface area contributed by atoms with E-state index in [1.54, 1.807) is 11.3 Å². The Balaban J connectivity index is 1.53. The molecule has 1 aromatic heterocycles. The summed E-state index contributed by atoms with van der Waals surface area (Å²) in [6, 6.07) is 5.90. The van der Waals surface area contributed by atoms with Gasteiger partial charge >= 0.3 is 0 Å². The zero-order valence-corrected chi connectivity index (χ0v) is 13.4. The van der Waals surface area contributed by atoms with E-state index < -0.39 is 0 Å². The summed E-state index contributed by atoms with van der Waals surface area (Å²) in [5, 5.41) is 5.27. The van der Waals surface area contributed by atoms with Crippen molar-refractivity contribution in [2.24, 2.45) is 11.8 Å². The summed E-state index contributed by atoms with van der Waals surface area (Å²) in [6.45, 7) is 3.40. The molecule has 1 aliphatic rings. The molecule has 1 heterocycles. The molecule has 0 amide bonds. The number of fused-ring (bicyclic) bond motifs is 1. The Kier molecular flexibility index (Phi) is 4.47. The van der Waals surface area contributed by atoms with Crippen LogP contribution in [0.1, 0.15) is 39.0 Å². The van der Waals surface area contributed by atoms with Gasteiger partial charge in [0.05, 0.1) is 15.2 Å². The maximum Gasteiger partial charge on any atom is 0.183 e. The molecule has 108 valence electrons. The highest BCUT2D eigenvalue weighted by molar-refractivity contribution is 7.22. The monoisotopic (exact) mass is 308 g/mol. The van der Waals surface area contributed by atoms with E-state index in [9.17, 15) is 0 Å². The van der Waals surface area contributed by atoms with Crippen LogP contribution >= 0.6 is 22.9 Å². The molecule has 1 fully saturated rings. The highest BCUT2D eigenvalue weighted by Gasteiger charge is 2.17. The van der Waals surface area contributed by atoms with Gasteiger partial charge in [-0.2, -0.15) is 0 Å². The van der Waals surface area contributed by atoms with E-state index in [4.69, 9.17) is 11.6 Å². The van der Waals surface area contributed by atoms with Crippen LogP contribution in [0.5, 0.6) is 0 Å². The van der Waals surface area contributed by atoms with Gasteiger partial charge in [0.2, 0.25) is 0 Å². The van der Waals surface area contributed by atoms with Gasteiger partial charge in [-0.3, -0.25) is 0 Å². The fourth-order valence-corrected chi connectivity index (χ4v) is 4.17. The van der Waals surface area contributed by atoms with Crippen LogP contribution in [0.2, 0.25) is 5.02 Å². The third kappa shape index (κ3) is 3.26. The van der Waals surface area contributed by atoms with Gasteiger partial charge in [0.15, 0.2) is 5.13 Å². The van der Waals surface area contributed by atoms with Crippen molar-refractivity contribution >= 4 is 38.3 Å². The Bertz CT molecular complexity index is 573. The first-order valence-corrected chi connectivity index (χ1v) is 8.71. The Hall–Kier alpha value is -0.800. The van der Waals surface area contributed by atoms with Gasteiger partial charge in [0.1, 0.15) is 0 Å². The number of halogens is 1. The third-order valence-corrected chi connectivity index (χ3v) is 5.82. The molecule has 3 rings (SSSR count). The van der Waals surface area contributed by atoms with E-state index in [-0.39, 0.29) is 0 Å². The minimum absolute atomic E-state index is 0.800. The smallest absolute Gasteiger partial charge is 0.183 e. The molecule has 1 N–H and O–H groups in total. The van der Waals surface area contributed by atoms with Crippen molar-refractivity contribution in [3.05, 3.63) is 23.2 Å². The molecule has 20 heavy (non-hydrogen) atoms. The van der Waals surface area contributed by atoms with E-state index in [0.717, 1.165) is 38.8 Å². The number of thiazole rings is 1. The van der Waals surface area contributed by atoms with Crippen LogP contribution in [0.25, 0.3) is 10.2 Å². The minimum Gasteiger partial charge on any atom is -0.361 e. The average molecular weight is 309 g/mol. The summed E-state index contributed by atoms with van der Waals surface area (Å²) in [6.07, 6.45) is 6.86. The number of anilines is 1. The maximum absolute atomic E-state index is 6.18. The first-order chi connectivity index (χ1) is 9.72. The lowest BCUT2D eigenvalue weighted by atomic mass is 9.81. The van der Waals surface area contributed by atoms with Crippen LogP contribution in [-0.2, 0) is 0 Å². The Morgan fingerprint density at radius 3 is 2.85 bits per heavy atom. The van der Waals surface area contributed by atoms with Crippen LogP contribution in [-0.4, -0.2) is 11.5 Å². The van der Waals surface area contributed by atoms with Gasteiger partial charge in [0.25, 0.3) is 0 Å². The summed E-state index contributed by atoms with van der Waals surface area (Å²) < 4.78 is 1.09. The summed E-state index contributed by atoms with van der Waals surface area (Å²) in [4.78, 5) is 4.59. The topological polar surface area (TPSA) is 24.9 Å². The SMILES string of the molecule is CC1CCC(CCNc2nc3cccc(Cl)c3s2)CC1. The number of nitrogens with one attached hydrogen (secondary N) is 1. The lowest BCUT2D eigenvalue weighted by molar-refractivity contribution is 0.282. The fraction of sp³-hybridized carbons (Fsp3) is 0.562. The number of hydrogen-bond donors (Lipinski definition) is 1. The molecule has 2 aromatic rings. The summed E-state index contributed by atoms with van der Waals surface area (Å²) in [5.41, 5.74) is 0.997. The molecule has 0 atom stereocenters. The van der Waals surface area contributed by atoms with Gasteiger partial charge in [-0.15, -0.1) is 0 Å². The molecule has 0 radical (unpaired) electrons. The molecule has 0 spiro atoms. The second-order valence-electron chi connectivity index (χ2n) is 5.95. The lowest BCUT2D eigenvalue weighted by Gasteiger charge is -2.26. The average Bonchev–Trinajstić information content (AvgIpc) is 2.85. The van der Waals surface area contributed by atoms with Crippen molar-refractivity contribution in [3.63, 3.8) is 0 Å². The molecular weight excluding hydrogens is 288 g/mol. The fourth-order valence-electron chi connectivity index (χ4n) is 2.99. The zero-order valence-electron chi connectivity index (χ0n) is 11.9. The number of hydrogen-bond acceptors (Lipinski definition) is 3. The highest BCUT2D eigenvalue weighted by Crippen LogP contribution is 2.33. The molecule has 2 nitrogen and oxygen atoms in total. The molecule has 1 saturated carbocycles. The molecule has 1 aliphatic carbocycles. The number of aromatic nitrogens is 1. The molecule has 0 bridgehead atoms. The van der Waals surface area contributed by atoms with Crippen molar-refractivity contribution in [2.75, 3.05) is 11.9 Å². The Labute approximate surface area is 129 Å². The maximum atomic E-state index is 6.18. The third-order valence-electron chi connectivity index (χ3n) is 4.33. The van der Waals surface area contributed by atoms with Gasteiger partial charge in [-0.05, 0) is 30.4 Å². The highest BCUT2D eigenvalue weighted by atomic mass is 35.5. The van der Waals surface area contributed by atoms with E-state index in [2.05, 4.69) is 17.2 Å². The van der Waals surface area contributed by atoms with Crippen LogP contribution in [0, 0.1) is 11.8 Å². The number of nitrogens with zero attached hydrogens (tertiary/aromatic N) is 1. The normalized spacial score (nSPS) is 23.1. The second-order valence-corrected chi connectivity index (χ2v) is 7.35. The van der Waals surface area contributed by atoms with Crippen molar-refractivity contribution in [1.82, 2.24) is 4.98 Å². The van der Waals surface area contributed by atoms with Crippen LogP contribution in [0.3, 0.4) is 0 Å². The summed E-state index contributed by atoms with van der Waals surface area (Å²) in [7, 11) is 0. The predicted octanol–water partition coefficient (Wildman–Crippen LogP) is 5.58. The van der Waals surface area contributed by atoms with Gasteiger partial charge in [-0.1, -0.05) is 61.6 Å². The molecule has 4 heteroatoms. The lowest BCUT2D eigenvalue weighted by Crippen LogP contribution is -2.15. The van der Waals surface area contributed by atoms with Gasteiger partial charge < -0.3 is 5.32 Å². The van der Waals surface area contributed by atoms with Crippen molar-refractivity contribution in [1.29, 1.82) is 0 Å². The molecule has 1 aromatic carbocycles. The molecule has 0 saturated heterocycles. The standard InChI is InChI=1S/C16H21ClN2S/c1-11-5-7-12(8-6-11)9-10-18-16-19-14-4-2-3-13(17)15(14)20-16/h2-4,11-12H,5-10H2,1H3,(H,18,19). The minimum atomic E-state index is 0.800. The number of benzene rings is 1. The van der Waals surface area contributed by atoms with E-state index in [1.807, 2.05) is 18.2 Å². The predicted molar refractivity (Wildman–Crippen MR) is 88.9 cm³/mol. The molecular formula is C16H21ClN2S. The summed E-state index contributed by atoms with van der Waals surface area (Å²) >= 11 is 7.84. The van der Waals surface area contributed by atoms with Gasteiger partial charge in [0, 0.05) is 6.54 Å². The molecule has 0 unspecified atom stereocenters. The first-order valence-electron chi connectivity index (χ1n) is 7.51. The van der Waals surface area contributed by atoms with Crippen molar-refractivity contribution < 1.29 is 0 Å². The van der Waals surface area contributed by atoms with E-state index in [1.165, 1.54) is 32.1 Å². The van der Waals surface area contributed by atoms with Crippen molar-refractivity contribution in [3.8, 4) is 0 Å². The van der Waals surface area contributed by atoms with Crippen LogP contribution in [0.15, 0.2) is 18.2 Å². The molecule has 0 aliphatic heterocycles. The van der Waals surface area contributed by atoms with E-state index in [0.29, 0.717) is 0 Å². The first kappa shape index (κ1) is 14.2. The second kappa shape index (κ2) is 6.31. The Morgan fingerprint density at radius 2 is 2.10 bits per heavy atom. The largest absolute Gasteiger partial charge is 0.361 e. The zero-order chi connectivity index (χ0) is 13.9. The number of rotatable bonds is 4. The Morgan fingerprint density at radius 1 is 1.30 bits per heavy atom.